The van der Waals surface area contributed by atoms with Crippen molar-refractivity contribution in [3.05, 3.63) is 100 Å². The minimum atomic E-state index is -0.176. The molecule has 0 bridgehead atoms. The Kier molecular flexibility index (Phi) is 10.6. The molecule has 5 nitrogen and oxygen atoms in total. The molecule has 2 aromatic carbocycles. The predicted octanol–water partition coefficient (Wildman–Crippen LogP) is 5.25. The number of benzene rings is 2. The van der Waals surface area contributed by atoms with Crippen LogP contribution in [0.5, 0.6) is 0 Å². The Balaban J connectivity index is 1.72. The van der Waals surface area contributed by atoms with E-state index in [1.165, 1.54) is 0 Å². The molecule has 0 N–H and O–H groups in total. The van der Waals surface area contributed by atoms with Gasteiger partial charge in [-0.05, 0) is 42.0 Å². The number of rotatable bonds is 13. The quantitative estimate of drug-likeness (QED) is 0.250. The van der Waals surface area contributed by atoms with Crippen LogP contribution in [0, 0.1) is 0 Å². The normalized spacial score (nSPS) is 11.0. The van der Waals surface area contributed by atoms with Crippen LogP contribution in [0.25, 0.3) is 6.08 Å². The third-order valence-corrected chi connectivity index (χ3v) is 6.13. The average molecular weight is 477 g/mol. The maximum absolute atomic E-state index is 13.4. The second-order valence-electron chi connectivity index (χ2n) is 7.87. The Morgan fingerprint density at radius 1 is 0.912 bits per heavy atom. The Morgan fingerprint density at radius 3 is 2.32 bits per heavy atom. The fraction of sp³-hybridized carbons (Fsp3) is 0.286. The third kappa shape index (κ3) is 8.61. The zero-order chi connectivity index (χ0) is 24.0. The van der Waals surface area contributed by atoms with Crippen LogP contribution in [0.1, 0.15) is 29.3 Å². The fourth-order valence-corrected chi connectivity index (χ4v) is 4.22. The van der Waals surface area contributed by atoms with E-state index in [0.29, 0.717) is 39.3 Å². The molecule has 0 unspecified atom stereocenters. The highest BCUT2D eigenvalue weighted by Crippen LogP contribution is 2.15. The molecule has 3 aromatic rings. The molecule has 0 saturated heterocycles. The van der Waals surface area contributed by atoms with E-state index in [1.54, 1.807) is 28.4 Å². The van der Waals surface area contributed by atoms with Crippen LogP contribution in [0.3, 0.4) is 0 Å². The van der Waals surface area contributed by atoms with Crippen molar-refractivity contribution < 1.29 is 14.3 Å². The van der Waals surface area contributed by atoms with Crippen molar-refractivity contribution in [2.75, 3.05) is 26.3 Å². The summed E-state index contributed by atoms with van der Waals surface area (Å²) in [6, 6.07) is 23.6. The molecule has 0 saturated carbocycles. The minimum absolute atomic E-state index is 0.0301. The van der Waals surface area contributed by atoms with Crippen molar-refractivity contribution in [1.29, 1.82) is 0 Å². The molecule has 2 amide bonds. The van der Waals surface area contributed by atoms with E-state index < -0.39 is 0 Å². The predicted molar refractivity (Wildman–Crippen MR) is 138 cm³/mol. The highest BCUT2D eigenvalue weighted by atomic mass is 32.1. The lowest BCUT2D eigenvalue weighted by molar-refractivity contribution is -0.139. The molecular formula is C28H32N2O3S. The summed E-state index contributed by atoms with van der Waals surface area (Å²) in [6.07, 6.45) is 4.01. The van der Waals surface area contributed by atoms with Gasteiger partial charge in [0.1, 0.15) is 6.54 Å². The highest BCUT2D eigenvalue weighted by Gasteiger charge is 2.21. The van der Waals surface area contributed by atoms with Gasteiger partial charge in [0.05, 0.1) is 6.54 Å². The zero-order valence-electron chi connectivity index (χ0n) is 19.6. The molecule has 6 heteroatoms. The van der Waals surface area contributed by atoms with E-state index in [4.69, 9.17) is 4.74 Å². The molecule has 0 aliphatic heterocycles. The van der Waals surface area contributed by atoms with Crippen LogP contribution in [0.2, 0.25) is 0 Å². The number of carbonyl (C=O) groups excluding carboxylic acids is 2. The van der Waals surface area contributed by atoms with Crippen molar-refractivity contribution in [3.63, 3.8) is 0 Å². The molecule has 0 aliphatic rings. The molecule has 1 aromatic heterocycles. The summed E-state index contributed by atoms with van der Waals surface area (Å²) in [4.78, 5) is 31.0. The van der Waals surface area contributed by atoms with Crippen molar-refractivity contribution in [2.45, 2.75) is 26.4 Å². The maximum Gasteiger partial charge on any atom is 0.247 e. The highest BCUT2D eigenvalue weighted by molar-refractivity contribution is 7.09. The van der Waals surface area contributed by atoms with Gasteiger partial charge in [-0.25, -0.2) is 0 Å². The van der Waals surface area contributed by atoms with Crippen LogP contribution in [-0.4, -0.2) is 47.9 Å². The van der Waals surface area contributed by atoms with Gasteiger partial charge < -0.3 is 14.5 Å². The summed E-state index contributed by atoms with van der Waals surface area (Å²) in [6.45, 7) is 4.64. The SMILES string of the molecule is CCOCCCN(CC(=O)N(Cc1ccccc1)Cc1cccs1)C(=O)C=Cc1ccccc1. The molecule has 0 fully saturated rings. The summed E-state index contributed by atoms with van der Waals surface area (Å²) in [5.41, 5.74) is 2.01. The zero-order valence-corrected chi connectivity index (χ0v) is 20.5. The largest absolute Gasteiger partial charge is 0.382 e. The van der Waals surface area contributed by atoms with Gasteiger partial charge in [-0.2, -0.15) is 0 Å². The molecular weight excluding hydrogens is 444 g/mol. The molecule has 178 valence electrons. The molecule has 1 heterocycles. The van der Waals surface area contributed by atoms with Crippen LogP contribution in [-0.2, 0) is 27.4 Å². The van der Waals surface area contributed by atoms with Gasteiger partial charge >= 0.3 is 0 Å². The van der Waals surface area contributed by atoms with Crippen molar-refractivity contribution >= 4 is 29.2 Å². The van der Waals surface area contributed by atoms with Crippen LogP contribution < -0.4 is 0 Å². The first kappa shape index (κ1) is 25.4. The van der Waals surface area contributed by atoms with Crippen molar-refractivity contribution in [1.82, 2.24) is 9.80 Å². The minimum Gasteiger partial charge on any atom is -0.382 e. The van der Waals surface area contributed by atoms with Crippen LogP contribution in [0.15, 0.2) is 84.3 Å². The Hall–Kier alpha value is -3.22. The molecule has 34 heavy (non-hydrogen) atoms. The summed E-state index contributed by atoms with van der Waals surface area (Å²) in [5, 5.41) is 2.01. The van der Waals surface area contributed by atoms with Gasteiger partial charge in [0.15, 0.2) is 0 Å². The molecule has 0 atom stereocenters. The van der Waals surface area contributed by atoms with E-state index in [-0.39, 0.29) is 18.4 Å². The summed E-state index contributed by atoms with van der Waals surface area (Å²) in [7, 11) is 0. The number of nitrogens with zero attached hydrogens (tertiary/aromatic N) is 2. The molecule has 0 spiro atoms. The average Bonchev–Trinajstić information content (AvgIpc) is 3.38. The van der Waals surface area contributed by atoms with Crippen molar-refractivity contribution in [3.8, 4) is 0 Å². The summed E-state index contributed by atoms with van der Waals surface area (Å²) < 4.78 is 5.44. The standard InChI is InChI=1S/C28H32N2O3S/c1-2-33-19-10-18-29(27(31)17-16-24-11-5-3-6-12-24)23-28(32)30(22-26-15-9-20-34-26)21-25-13-7-4-8-14-25/h3-9,11-17,20H,2,10,18-19,21-23H2,1H3. The number of carbonyl (C=O) groups is 2. The van der Waals surface area contributed by atoms with Gasteiger partial charge in [0, 0.05) is 37.3 Å². The van der Waals surface area contributed by atoms with E-state index >= 15 is 0 Å². The first-order valence-corrected chi connectivity index (χ1v) is 12.5. The van der Waals surface area contributed by atoms with E-state index in [2.05, 4.69) is 0 Å². The maximum atomic E-state index is 13.4. The number of hydrogen-bond donors (Lipinski definition) is 0. The third-order valence-electron chi connectivity index (χ3n) is 5.27. The summed E-state index contributed by atoms with van der Waals surface area (Å²) in [5.74, 6) is -0.250. The van der Waals surface area contributed by atoms with Crippen LogP contribution >= 0.6 is 11.3 Å². The van der Waals surface area contributed by atoms with Crippen LogP contribution in [0.4, 0.5) is 0 Å². The lowest BCUT2D eigenvalue weighted by atomic mass is 10.2. The van der Waals surface area contributed by atoms with Crippen molar-refractivity contribution in [2.24, 2.45) is 0 Å². The van der Waals surface area contributed by atoms with E-state index in [9.17, 15) is 9.59 Å². The number of hydrogen-bond acceptors (Lipinski definition) is 4. The topological polar surface area (TPSA) is 49.9 Å². The Morgan fingerprint density at radius 2 is 1.65 bits per heavy atom. The van der Waals surface area contributed by atoms with Gasteiger partial charge in [0.2, 0.25) is 11.8 Å². The Bertz CT molecular complexity index is 1020. The molecule has 0 radical (unpaired) electrons. The number of thiophene rings is 1. The second kappa shape index (κ2) is 14.1. The van der Waals surface area contributed by atoms with E-state index in [1.807, 2.05) is 90.0 Å². The number of amides is 2. The first-order chi connectivity index (χ1) is 16.7. The van der Waals surface area contributed by atoms with Gasteiger partial charge in [-0.3, -0.25) is 9.59 Å². The molecule has 3 rings (SSSR count). The van der Waals surface area contributed by atoms with Gasteiger partial charge in [-0.15, -0.1) is 11.3 Å². The summed E-state index contributed by atoms with van der Waals surface area (Å²) >= 11 is 1.63. The lowest BCUT2D eigenvalue weighted by Gasteiger charge is -2.27. The lowest BCUT2D eigenvalue weighted by Crippen LogP contribution is -2.42. The van der Waals surface area contributed by atoms with Gasteiger partial charge in [0.25, 0.3) is 0 Å². The van der Waals surface area contributed by atoms with E-state index in [0.717, 1.165) is 16.0 Å². The first-order valence-electron chi connectivity index (χ1n) is 11.6. The monoisotopic (exact) mass is 476 g/mol. The fourth-order valence-electron chi connectivity index (χ4n) is 3.50. The second-order valence-corrected chi connectivity index (χ2v) is 8.90. The van der Waals surface area contributed by atoms with Gasteiger partial charge in [-0.1, -0.05) is 66.7 Å². The molecule has 0 aliphatic carbocycles. The number of ether oxygens (including phenoxy) is 1. The Labute approximate surface area is 206 Å². The smallest absolute Gasteiger partial charge is 0.247 e.